The fourth-order valence-electron chi connectivity index (χ4n) is 2.49. The van der Waals surface area contributed by atoms with E-state index in [1.54, 1.807) is 0 Å². The molecule has 2 rings (SSSR count). The number of hydrogen-bond acceptors (Lipinski definition) is 2. The fourth-order valence-corrected chi connectivity index (χ4v) is 2.61. The molecule has 4 heteroatoms. The van der Waals surface area contributed by atoms with Crippen LogP contribution in [0.2, 0.25) is 5.02 Å². The van der Waals surface area contributed by atoms with Gasteiger partial charge in [0.2, 0.25) is 0 Å². The molecule has 1 aromatic rings. The predicted octanol–water partition coefficient (Wildman–Crippen LogP) is 2.34. The molecule has 0 spiro atoms. The lowest BCUT2D eigenvalue weighted by atomic mass is 9.65. The van der Waals surface area contributed by atoms with Gasteiger partial charge in [-0.2, -0.15) is 0 Å². The molecule has 1 aromatic carbocycles. The molecule has 1 saturated carbocycles. The third-order valence-electron chi connectivity index (χ3n) is 3.61. The summed E-state index contributed by atoms with van der Waals surface area (Å²) < 4.78 is 0. The zero-order valence-corrected chi connectivity index (χ0v) is 10.5. The van der Waals surface area contributed by atoms with Crippen molar-refractivity contribution in [3.8, 4) is 0 Å². The Morgan fingerprint density at radius 3 is 2.53 bits per heavy atom. The number of carbonyl (C=O) groups is 1. The van der Waals surface area contributed by atoms with Crippen LogP contribution in [-0.4, -0.2) is 23.7 Å². The van der Waals surface area contributed by atoms with Crippen molar-refractivity contribution in [3.05, 3.63) is 34.9 Å². The molecule has 0 saturated heterocycles. The van der Waals surface area contributed by atoms with Crippen molar-refractivity contribution in [2.75, 3.05) is 7.05 Å². The molecule has 92 valence electrons. The Morgan fingerprint density at radius 1 is 1.47 bits per heavy atom. The highest BCUT2D eigenvalue weighted by Crippen LogP contribution is 2.40. The van der Waals surface area contributed by atoms with Gasteiger partial charge in [0.15, 0.2) is 0 Å². The Hall–Kier alpha value is -1.06. The lowest BCUT2D eigenvalue weighted by Crippen LogP contribution is -2.57. The van der Waals surface area contributed by atoms with E-state index >= 15 is 0 Å². The van der Waals surface area contributed by atoms with Crippen LogP contribution in [0.25, 0.3) is 0 Å². The van der Waals surface area contributed by atoms with Crippen LogP contribution in [0.5, 0.6) is 0 Å². The van der Waals surface area contributed by atoms with Gasteiger partial charge < -0.3 is 10.4 Å². The average molecular weight is 254 g/mol. The fraction of sp³-hybridized carbons (Fsp3) is 0.462. The maximum Gasteiger partial charge on any atom is 0.306 e. The van der Waals surface area contributed by atoms with Gasteiger partial charge in [0, 0.05) is 10.6 Å². The molecule has 0 unspecified atom stereocenters. The van der Waals surface area contributed by atoms with Crippen molar-refractivity contribution < 1.29 is 9.90 Å². The van der Waals surface area contributed by atoms with Crippen LogP contribution in [0.15, 0.2) is 24.3 Å². The molecular weight excluding hydrogens is 238 g/mol. The Balaban J connectivity index is 2.02. The third-order valence-corrected chi connectivity index (χ3v) is 3.86. The van der Waals surface area contributed by atoms with Crippen LogP contribution >= 0.6 is 11.6 Å². The molecule has 0 aromatic heterocycles. The number of hydrogen-bond donors (Lipinski definition) is 2. The molecule has 2 N–H and O–H groups in total. The van der Waals surface area contributed by atoms with Crippen LogP contribution in [-0.2, 0) is 11.2 Å². The van der Waals surface area contributed by atoms with Crippen molar-refractivity contribution >= 4 is 17.6 Å². The number of halogens is 1. The molecule has 0 amide bonds. The lowest BCUT2D eigenvalue weighted by Gasteiger charge is -2.46. The van der Waals surface area contributed by atoms with Gasteiger partial charge in [0.25, 0.3) is 0 Å². The minimum Gasteiger partial charge on any atom is -0.481 e. The van der Waals surface area contributed by atoms with Crippen molar-refractivity contribution in [2.45, 2.75) is 24.8 Å². The van der Waals surface area contributed by atoms with Crippen molar-refractivity contribution in [3.63, 3.8) is 0 Å². The standard InChI is InChI=1S/C13H16ClNO2/c1-15-13(7-10(8-13)12(16)17)6-9-2-4-11(14)5-3-9/h2-5,10,15H,6-8H2,1H3,(H,16,17). The highest BCUT2D eigenvalue weighted by Gasteiger charge is 2.46. The van der Waals surface area contributed by atoms with E-state index in [2.05, 4.69) is 5.32 Å². The Bertz CT molecular complexity index is 410. The number of carboxylic acids is 1. The highest BCUT2D eigenvalue weighted by atomic mass is 35.5. The first-order valence-corrected chi connectivity index (χ1v) is 6.09. The third kappa shape index (κ3) is 2.61. The molecule has 0 heterocycles. The van der Waals surface area contributed by atoms with Crippen LogP contribution in [0.1, 0.15) is 18.4 Å². The van der Waals surface area contributed by atoms with Gasteiger partial charge in [0.05, 0.1) is 5.92 Å². The van der Waals surface area contributed by atoms with Crippen LogP contribution in [0.4, 0.5) is 0 Å². The molecule has 0 aliphatic heterocycles. The second-order valence-corrected chi connectivity index (χ2v) is 5.21. The molecule has 0 radical (unpaired) electrons. The van der Waals surface area contributed by atoms with E-state index in [9.17, 15) is 4.79 Å². The SMILES string of the molecule is CNC1(Cc2ccc(Cl)cc2)CC(C(=O)O)C1. The smallest absolute Gasteiger partial charge is 0.306 e. The van der Waals surface area contributed by atoms with Gasteiger partial charge in [-0.15, -0.1) is 0 Å². The summed E-state index contributed by atoms with van der Waals surface area (Å²) in [6, 6.07) is 7.73. The van der Waals surface area contributed by atoms with Crippen molar-refractivity contribution in [1.82, 2.24) is 5.32 Å². The molecule has 3 nitrogen and oxygen atoms in total. The van der Waals surface area contributed by atoms with E-state index in [-0.39, 0.29) is 11.5 Å². The van der Waals surface area contributed by atoms with Crippen LogP contribution < -0.4 is 5.32 Å². The predicted molar refractivity (Wildman–Crippen MR) is 67.3 cm³/mol. The summed E-state index contributed by atoms with van der Waals surface area (Å²) in [5.74, 6) is -0.887. The maximum atomic E-state index is 10.8. The number of likely N-dealkylation sites (N-methyl/N-ethyl adjacent to an activating group) is 1. The number of benzene rings is 1. The maximum absolute atomic E-state index is 10.8. The monoisotopic (exact) mass is 253 g/mol. The number of rotatable bonds is 4. The average Bonchev–Trinajstić information content (AvgIpc) is 2.25. The molecule has 0 atom stereocenters. The molecule has 1 fully saturated rings. The minimum absolute atomic E-state index is 0.0586. The Labute approximate surface area is 106 Å². The summed E-state index contributed by atoms with van der Waals surface area (Å²) in [5, 5.41) is 12.9. The van der Waals surface area contributed by atoms with E-state index in [0.29, 0.717) is 12.8 Å². The first-order chi connectivity index (χ1) is 8.04. The van der Waals surface area contributed by atoms with Gasteiger partial charge in [-0.05, 0) is 44.0 Å². The molecule has 1 aliphatic rings. The van der Waals surface area contributed by atoms with Gasteiger partial charge >= 0.3 is 5.97 Å². The summed E-state index contributed by atoms with van der Waals surface area (Å²) in [4.78, 5) is 10.8. The van der Waals surface area contributed by atoms with Crippen LogP contribution in [0, 0.1) is 5.92 Å². The molecule has 1 aliphatic carbocycles. The largest absolute Gasteiger partial charge is 0.481 e. The lowest BCUT2D eigenvalue weighted by molar-refractivity contribution is -0.147. The first kappa shape index (κ1) is 12.4. The van der Waals surface area contributed by atoms with E-state index in [0.717, 1.165) is 11.4 Å². The van der Waals surface area contributed by atoms with Gasteiger partial charge in [-0.3, -0.25) is 4.79 Å². The summed E-state index contributed by atoms with van der Waals surface area (Å²) in [7, 11) is 1.90. The zero-order chi connectivity index (χ0) is 12.5. The van der Waals surface area contributed by atoms with Gasteiger partial charge in [-0.25, -0.2) is 0 Å². The normalized spacial score (nSPS) is 27.5. The summed E-state index contributed by atoms with van der Waals surface area (Å²) in [6.07, 6.45) is 2.24. The highest BCUT2D eigenvalue weighted by molar-refractivity contribution is 6.30. The summed E-state index contributed by atoms with van der Waals surface area (Å²) in [6.45, 7) is 0. The summed E-state index contributed by atoms with van der Waals surface area (Å²) >= 11 is 5.84. The van der Waals surface area contributed by atoms with Gasteiger partial charge in [0.1, 0.15) is 0 Å². The Kier molecular flexibility index (Phi) is 3.40. The number of nitrogens with one attached hydrogen (secondary N) is 1. The van der Waals surface area contributed by atoms with Crippen molar-refractivity contribution in [1.29, 1.82) is 0 Å². The van der Waals surface area contributed by atoms with E-state index in [1.165, 1.54) is 5.56 Å². The second kappa shape index (κ2) is 4.67. The van der Waals surface area contributed by atoms with Crippen molar-refractivity contribution in [2.24, 2.45) is 5.92 Å². The topological polar surface area (TPSA) is 49.3 Å². The first-order valence-electron chi connectivity index (χ1n) is 5.71. The van der Waals surface area contributed by atoms with E-state index < -0.39 is 5.97 Å². The number of aliphatic carboxylic acids is 1. The van der Waals surface area contributed by atoms with E-state index in [4.69, 9.17) is 16.7 Å². The Morgan fingerprint density at radius 2 is 2.06 bits per heavy atom. The van der Waals surface area contributed by atoms with Crippen LogP contribution in [0.3, 0.4) is 0 Å². The minimum atomic E-state index is -0.688. The second-order valence-electron chi connectivity index (χ2n) is 4.78. The van der Waals surface area contributed by atoms with Gasteiger partial charge in [-0.1, -0.05) is 23.7 Å². The molecule has 0 bridgehead atoms. The summed E-state index contributed by atoms with van der Waals surface area (Å²) in [5.41, 5.74) is 1.13. The zero-order valence-electron chi connectivity index (χ0n) is 9.74. The quantitative estimate of drug-likeness (QED) is 0.866. The number of carboxylic acid groups (broad SMARTS) is 1. The molecule has 17 heavy (non-hydrogen) atoms. The molecular formula is C13H16ClNO2. The van der Waals surface area contributed by atoms with E-state index in [1.807, 2.05) is 31.3 Å².